The van der Waals surface area contributed by atoms with Crippen LogP contribution in [-0.2, 0) is 0 Å². The number of oxazole rings is 1. The summed E-state index contributed by atoms with van der Waals surface area (Å²) in [6.07, 6.45) is 0. The molecule has 4 rings (SSSR count). The lowest BCUT2D eigenvalue weighted by molar-refractivity contribution is 0.0744. The summed E-state index contributed by atoms with van der Waals surface area (Å²) in [6, 6.07) is 16.8. The molecule has 2 heterocycles. The summed E-state index contributed by atoms with van der Waals surface area (Å²) in [4.78, 5) is 20.9. The maximum Gasteiger partial charge on any atom is 0.254 e. The van der Waals surface area contributed by atoms with Gasteiger partial charge in [-0.2, -0.15) is 10.2 Å². The SMILES string of the molecule is Cc1ccccc1C(=O)N1CCN(c2oc(-c3ccc(Cl)cc3)nc2C#N)CC1. The van der Waals surface area contributed by atoms with E-state index in [1.807, 2.05) is 41.0 Å². The number of aryl methyl sites for hydroxylation is 1. The number of hydrogen-bond donors (Lipinski definition) is 0. The highest BCUT2D eigenvalue weighted by molar-refractivity contribution is 6.30. The van der Waals surface area contributed by atoms with Crippen LogP contribution in [-0.4, -0.2) is 42.0 Å². The van der Waals surface area contributed by atoms with Crippen LogP contribution in [0.5, 0.6) is 0 Å². The average Bonchev–Trinajstić information content (AvgIpc) is 3.19. The number of carbonyl (C=O) groups is 1. The molecule has 1 aliphatic heterocycles. The molecule has 29 heavy (non-hydrogen) atoms. The molecule has 0 saturated carbocycles. The molecule has 0 N–H and O–H groups in total. The van der Waals surface area contributed by atoms with Gasteiger partial charge >= 0.3 is 0 Å². The molecule has 0 unspecified atom stereocenters. The third-order valence-electron chi connectivity index (χ3n) is 5.04. The third kappa shape index (κ3) is 3.82. The van der Waals surface area contributed by atoms with Crippen LogP contribution < -0.4 is 4.90 Å². The van der Waals surface area contributed by atoms with Crippen LogP contribution in [0.4, 0.5) is 5.88 Å². The number of nitrogens with zero attached hydrogens (tertiary/aromatic N) is 4. The van der Waals surface area contributed by atoms with E-state index in [0.717, 1.165) is 16.7 Å². The van der Waals surface area contributed by atoms with E-state index in [1.54, 1.807) is 24.3 Å². The molecule has 1 aliphatic rings. The molecule has 6 nitrogen and oxygen atoms in total. The maximum atomic E-state index is 12.8. The van der Waals surface area contributed by atoms with Crippen molar-refractivity contribution in [2.45, 2.75) is 6.92 Å². The zero-order valence-electron chi connectivity index (χ0n) is 15.9. The second kappa shape index (κ2) is 7.98. The van der Waals surface area contributed by atoms with Crippen molar-refractivity contribution in [3.05, 3.63) is 70.4 Å². The van der Waals surface area contributed by atoms with Gasteiger partial charge in [-0.25, -0.2) is 0 Å². The standard InChI is InChI=1S/C22H19ClN4O2/c1-15-4-2-3-5-18(15)21(28)26-10-12-27(13-11-26)22-19(14-24)25-20(29-22)16-6-8-17(23)9-7-16/h2-9H,10-13H2,1H3. The minimum Gasteiger partial charge on any atom is -0.419 e. The Morgan fingerprint density at radius 3 is 2.45 bits per heavy atom. The minimum atomic E-state index is 0.0303. The highest BCUT2D eigenvalue weighted by Crippen LogP contribution is 2.29. The fraction of sp³-hybridized carbons (Fsp3) is 0.227. The first kappa shape index (κ1) is 19.0. The molecule has 146 valence electrons. The van der Waals surface area contributed by atoms with E-state index in [4.69, 9.17) is 16.0 Å². The van der Waals surface area contributed by atoms with Gasteiger partial charge in [0.15, 0.2) is 0 Å². The fourth-order valence-corrected chi connectivity index (χ4v) is 3.54. The Balaban J connectivity index is 1.50. The summed E-state index contributed by atoms with van der Waals surface area (Å²) in [5, 5.41) is 10.1. The number of amides is 1. The van der Waals surface area contributed by atoms with E-state index < -0.39 is 0 Å². The Kier molecular flexibility index (Phi) is 5.24. The Morgan fingerprint density at radius 2 is 1.79 bits per heavy atom. The van der Waals surface area contributed by atoms with Crippen molar-refractivity contribution in [3.8, 4) is 17.5 Å². The topological polar surface area (TPSA) is 73.4 Å². The molecule has 0 radical (unpaired) electrons. The van der Waals surface area contributed by atoms with Gasteiger partial charge in [-0.1, -0.05) is 29.8 Å². The lowest BCUT2D eigenvalue weighted by atomic mass is 10.1. The van der Waals surface area contributed by atoms with Crippen LogP contribution >= 0.6 is 11.6 Å². The quantitative estimate of drug-likeness (QED) is 0.653. The Labute approximate surface area is 173 Å². The van der Waals surface area contributed by atoms with Gasteiger partial charge in [-0.15, -0.1) is 0 Å². The first-order valence-corrected chi connectivity index (χ1v) is 9.71. The monoisotopic (exact) mass is 406 g/mol. The van der Waals surface area contributed by atoms with E-state index >= 15 is 0 Å². The van der Waals surface area contributed by atoms with Gasteiger partial charge in [0.2, 0.25) is 17.5 Å². The van der Waals surface area contributed by atoms with Crippen LogP contribution in [0.3, 0.4) is 0 Å². The van der Waals surface area contributed by atoms with Crippen LogP contribution in [0.25, 0.3) is 11.5 Å². The summed E-state index contributed by atoms with van der Waals surface area (Å²) < 4.78 is 5.92. The lowest BCUT2D eigenvalue weighted by Crippen LogP contribution is -2.49. The van der Waals surface area contributed by atoms with Crippen molar-refractivity contribution in [1.82, 2.24) is 9.88 Å². The van der Waals surface area contributed by atoms with Crippen molar-refractivity contribution >= 4 is 23.4 Å². The van der Waals surface area contributed by atoms with E-state index in [-0.39, 0.29) is 11.6 Å². The molecular formula is C22H19ClN4O2. The molecule has 1 fully saturated rings. The van der Waals surface area contributed by atoms with Crippen LogP contribution in [0.15, 0.2) is 52.9 Å². The number of piperazine rings is 1. The zero-order chi connectivity index (χ0) is 20.4. The molecule has 7 heteroatoms. The second-order valence-corrected chi connectivity index (χ2v) is 7.32. The number of benzene rings is 2. The highest BCUT2D eigenvalue weighted by atomic mass is 35.5. The molecule has 0 bridgehead atoms. The molecule has 0 aliphatic carbocycles. The predicted molar refractivity (Wildman–Crippen MR) is 111 cm³/mol. The van der Waals surface area contributed by atoms with Gasteiger partial charge in [-0.3, -0.25) is 4.79 Å². The highest BCUT2D eigenvalue weighted by Gasteiger charge is 2.27. The van der Waals surface area contributed by atoms with Crippen molar-refractivity contribution in [2.75, 3.05) is 31.1 Å². The van der Waals surface area contributed by atoms with Gasteiger partial charge in [0, 0.05) is 42.3 Å². The van der Waals surface area contributed by atoms with Gasteiger partial charge < -0.3 is 14.2 Å². The summed E-state index contributed by atoms with van der Waals surface area (Å²) in [5.41, 5.74) is 2.69. The van der Waals surface area contributed by atoms with Crippen molar-refractivity contribution in [2.24, 2.45) is 0 Å². The van der Waals surface area contributed by atoms with Crippen LogP contribution in [0.2, 0.25) is 5.02 Å². The summed E-state index contributed by atoms with van der Waals surface area (Å²) >= 11 is 5.93. The molecule has 0 spiro atoms. The van der Waals surface area contributed by atoms with Gasteiger partial charge in [0.05, 0.1) is 0 Å². The van der Waals surface area contributed by atoms with Gasteiger partial charge in [0.25, 0.3) is 5.91 Å². The summed E-state index contributed by atoms with van der Waals surface area (Å²) in [7, 11) is 0. The summed E-state index contributed by atoms with van der Waals surface area (Å²) in [6.45, 7) is 4.18. The smallest absolute Gasteiger partial charge is 0.254 e. The molecule has 1 amide bonds. The lowest BCUT2D eigenvalue weighted by Gasteiger charge is -2.34. The number of halogens is 1. The molecule has 1 saturated heterocycles. The van der Waals surface area contributed by atoms with Crippen molar-refractivity contribution < 1.29 is 9.21 Å². The number of nitriles is 1. The number of hydrogen-bond acceptors (Lipinski definition) is 5. The number of rotatable bonds is 3. The molecule has 3 aromatic rings. The molecule has 0 atom stereocenters. The number of anilines is 1. The van der Waals surface area contributed by atoms with Gasteiger partial charge in [0.1, 0.15) is 6.07 Å². The zero-order valence-corrected chi connectivity index (χ0v) is 16.7. The minimum absolute atomic E-state index is 0.0303. The Bertz CT molecular complexity index is 1080. The Hall–Kier alpha value is -3.30. The average molecular weight is 407 g/mol. The van der Waals surface area contributed by atoms with E-state index in [0.29, 0.717) is 43.0 Å². The summed E-state index contributed by atoms with van der Waals surface area (Å²) in [5.74, 6) is 0.856. The molecule has 1 aromatic heterocycles. The number of carbonyl (C=O) groups excluding carboxylic acids is 1. The fourth-order valence-electron chi connectivity index (χ4n) is 3.41. The van der Waals surface area contributed by atoms with E-state index in [2.05, 4.69) is 11.1 Å². The molecular weight excluding hydrogens is 388 g/mol. The third-order valence-corrected chi connectivity index (χ3v) is 5.29. The second-order valence-electron chi connectivity index (χ2n) is 6.89. The Morgan fingerprint density at radius 1 is 1.10 bits per heavy atom. The van der Waals surface area contributed by atoms with Crippen molar-refractivity contribution in [1.29, 1.82) is 5.26 Å². The first-order chi connectivity index (χ1) is 14.1. The van der Waals surface area contributed by atoms with E-state index in [1.165, 1.54) is 0 Å². The maximum absolute atomic E-state index is 12.8. The largest absolute Gasteiger partial charge is 0.419 e. The normalized spacial score (nSPS) is 14.0. The predicted octanol–water partition coefficient (Wildman–Crippen LogP) is 4.14. The van der Waals surface area contributed by atoms with Crippen molar-refractivity contribution in [3.63, 3.8) is 0 Å². The van der Waals surface area contributed by atoms with Gasteiger partial charge in [-0.05, 0) is 42.8 Å². The first-order valence-electron chi connectivity index (χ1n) is 9.33. The van der Waals surface area contributed by atoms with Crippen LogP contribution in [0.1, 0.15) is 21.6 Å². The molecule has 2 aromatic carbocycles. The number of aromatic nitrogens is 1. The van der Waals surface area contributed by atoms with E-state index in [9.17, 15) is 10.1 Å². The van der Waals surface area contributed by atoms with Crippen LogP contribution in [0, 0.1) is 18.3 Å².